The van der Waals surface area contributed by atoms with Gasteiger partial charge in [0, 0.05) is 23.8 Å². The van der Waals surface area contributed by atoms with Gasteiger partial charge in [-0.3, -0.25) is 4.79 Å². The first-order valence-electron chi connectivity index (χ1n) is 7.01. The normalized spacial score (nSPS) is 11.9. The maximum absolute atomic E-state index is 9.00. The van der Waals surface area contributed by atoms with Crippen LogP contribution in [0.4, 0.5) is 0 Å². The zero-order valence-corrected chi connectivity index (χ0v) is 14.2. The fourth-order valence-electron chi connectivity index (χ4n) is 1.72. The third-order valence-electron chi connectivity index (χ3n) is 2.87. The molecule has 0 saturated heterocycles. The molecule has 0 amide bonds. The molecule has 0 aliphatic rings. The minimum atomic E-state index is -0.833. The molecule has 1 aromatic heterocycles. The van der Waals surface area contributed by atoms with Gasteiger partial charge in [-0.25, -0.2) is 4.98 Å². The zero-order chi connectivity index (χ0) is 17.1. The molecule has 0 fully saturated rings. The Kier molecular flexibility index (Phi) is 8.46. The Morgan fingerprint density at radius 3 is 2.57 bits per heavy atom. The van der Waals surface area contributed by atoms with Crippen molar-refractivity contribution in [1.29, 1.82) is 0 Å². The molecular formula is C17H21NO4S. The number of ether oxygens (including phenoxy) is 2. The first-order chi connectivity index (χ1) is 11.0. The molecule has 0 aliphatic heterocycles. The summed E-state index contributed by atoms with van der Waals surface area (Å²) in [4.78, 5) is 13.3. The van der Waals surface area contributed by atoms with E-state index < -0.39 is 5.97 Å². The highest BCUT2D eigenvalue weighted by Crippen LogP contribution is 2.24. The highest BCUT2D eigenvalue weighted by Gasteiger charge is 2.14. The predicted molar refractivity (Wildman–Crippen MR) is 90.9 cm³/mol. The standard InChI is InChI=1S/C15H17NO2S.C2H4O2/c1-12(15-10-19-11-16-15)13(8-17-2)9-18-14-6-4-3-5-7-14;1-2(3)4/h3-8,10-12H,9H2,1-2H3;1H3,(H,3,4). The summed E-state index contributed by atoms with van der Waals surface area (Å²) >= 11 is 1.60. The van der Waals surface area contributed by atoms with Gasteiger partial charge in [0.1, 0.15) is 12.4 Å². The summed E-state index contributed by atoms with van der Waals surface area (Å²) in [7, 11) is 1.65. The van der Waals surface area contributed by atoms with Crippen LogP contribution in [0.3, 0.4) is 0 Å². The number of methoxy groups -OCH3 is 1. The maximum Gasteiger partial charge on any atom is 0.300 e. The topological polar surface area (TPSA) is 68.7 Å². The molecule has 1 aromatic carbocycles. The van der Waals surface area contributed by atoms with E-state index in [4.69, 9.17) is 19.4 Å². The summed E-state index contributed by atoms with van der Waals surface area (Å²) < 4.78 is 10.9. The second kappa shape index (κ2) is 10.4. The van der Waals surface area contributed by atoms with Gasteiger partial charge in [-0.2, -0.15) is 0 Å². The second-order valence-corrected chi connectivity index (χ2v) is 5.40. The highest BCUT2D eigenvalue weighted by molar-refractivity contribution is 7.07. The Morgan fingerprint density at radius 2 is 2.04 bits per heavy atom. The van der Waals surface area contributed by atoms with Crippen molar-refractivity contribution in [2.45, 2.75) is 19.8 Å². The van der Waals surface area contributed by atoms with E-state index in [1.54, 1.807) is 24.7 Å². The maximum atomic E-state index is 9.00. The summed E-state index contributed by atoms with van der Waals surface area (Å²) in [5.74, 6) is 0.213. The molecular weight excluding hydrogens is 314 g/mol. The van der Waals surface area contributed by atoms with Gasteiger partial charge < -0.3 is 14.6 Å². The molecule has 2 aromatic rings. The van der Waals surface area contributed by atoms with Crippen molar-refractivity contribution in [1.82, 2.24) is 4.98 Å². The van der Waals surface area contributed by atoms with E-state index in [1.165, 1.54) is 0 Å². The van der Waals surface area contributed by atoms with Crippen LogP contribution in [0, 0.1) is 0 Å². The number of carboxylic acid groups (broad SMARTS) is 1. The Bertz CT molecular complexity index is 592. The minimum absolute atomic E-state index is 0.190. The number of nitrogens with zero attached hydrogens (tertiary/aromatic N) is 1. The number of carbonyl (C=O) groups is 1. The Balaban J connectivity index is 0.000000593. The third-order valence-corrected chi connectivity index (χ3v) is 3.47. The van der Waals surface area contributed by atoms with Crippen molar-refractivity contribution in [3.05, 3.63) is 58.8 Å². The van der Waals surface area contributed by atoms with Crippen LogP contribution in [0.2, 0.25) is 0 Å². The Labute approximate surface area is 140 Å². The van der Waals surface area contributed by atoms with E-state index in [0.717, 1.165) is 23.9 Å². The molecule has 124 valence electrons. The van der Waals surface area contributed by atoms with Crippen molar-refractivity contribution >= 4 is 17.3 Å². The van der Waals surface area contributed by atoms with Crippen LogP contribution in [0.15, 0.2) is 53.1 Å². The van der Waals surface area contributed by atoms with Gasteiger partial charge >= 0.3 is 0 Å². The fourth-order valence-corrected chi connectivity index (χ4v) is 2.37. The summed E-state index contributed by atoms with van der Waals surface area (Å²) in [5.41, 5.74) is 3.95. The van der Waals surface area contributed by atoms with Crippen LogP contribution >= 0.6 is 11.3 Å². The number of thiazole rings is 1. The number of carboxylic acids is 1. The van der Waals surface area contributed by atoms with E-state index in [2.05, 4.69) is 17.3 Å². The summed E-state index contributed by atoms with van der Waals surface area (Å²) in [6.07, 6.45) is 1.74. The molecule has 0 radical (unpaired) electrons. The first kappa shape index (κ1) is 18.7. The molecule has 1 heterocycles. The fraction of sp³-hybridized carbons (Fsp3) is 0.294. The number of rotatable bonds is 6. The van der Waals surface area contributed by atoms with Gasteiger partial charge in [0.05, 0.1) is 24.6 Å². The van der Waals surface area contributed by atoms with E-state index in [-0.39, 0.29) is 5.92 Å². The number of hydrogen-bond donors (Lipinski definition) is 1. The lowest BCUT2D eigenvalue weighted by Crippen LogP contribution is -2.09. The van der Waals surface area contributed by atoms with E-state index in [9.17, 15) is 0 Å². The molecule has 1 unspecified atom stereocenters. The molecule has 0 saturated carbocycles. The molecule has 23 heavy (non-hydrogen) atoms. The molecule has 0 aliphatic carbocycles. The van der Waals surface area contributed by atoms with E-state index in [1.807, 2.05) is 35.8 Å². The molecule has 6 heteroatoms. The van der Waals surface area contributed by atoms with Crippen molar-refractivity contribution in [3.8, 4) is 5.75 Å². The van der Waals surface area contributed by atoms with Gasteiger partial charge in [0.25, 0.3) is 5.97 Å². The van der Waals surface area contributed by atoms with Crippen LogP contribution < -0.4 is 4.74 Å². The third kappa shape index (κ3) is 7.46. The molecule has 1 N–H and O–H groups in total. The van der Waals surface area contributed by atoms with Crippen LogP contribution in [-0.2, 0) is 9.53 Å². The van der Waals surface area contributed by atoms with Gasteiger partial charge in [0.2, 0.25) is 0 Å². The highest BCUT2D eigenvalue weighted by atomic mass is 32.1. The largest absolute Gasteiger partial charge is 0.504 e. The first-order valence-corrected chi connectivity index (χ1v) is 7.96. The summed E-state index contributed by atoms with van der Waals surface area (Å²) in [5, 5.41) is 9.47. The number of para-hydroxylation sites is 1. The average Bonchev–Trinajstić information content (AvgIpc) is 3.05. The number of aromatic nitrogens is 1. The SMILES string of the molecule is CC(=O)O.COC=C(COc1ccccc1)C(C)c1cscn1. The summed E-state index contributed by atoms with van der Waals surface area (Å²) in [6.45, 7) is 3.69. The number of aliphatic carboxylic acids is 1. The van der Waals surface area contributed by atoms with Gasteiger partial charge in [-0.1, -0.05) is 25.1 Å². The number of hydrogen-bond acceptors (Lipinski definition) is 5. The van der Waals surface area contributed by atoms with E-state index >= 15 is 0 Å². The zero-order valence-electron chi connectivity index (χ0n) is 13.4. The van der Waals surface area contributed by atoms with Gasteiger partial charge in [-0.05, 0) is 12.1 Å². The van der Waals surface area contributed by atoms with Crippen LogP contribution in [0.25, 0.3) is 0 Å². The summed E-state index contributed by atoms with van der Waals surface area (Å²) in [6, 6.07) is 9.77. The van der Waals surface area contributed by atoms with E-state index in [0.29, 0.717) is 6.61 Å². The van der Waals surface area contributed by atoms with Crippen molar-refractivity contribution in [2.24, 2.45) is 0 Å². The van der Waals surface area contributed by atoms with Gasteiger partial charge in [0.15, 0.2) is 0 Å². The number of benzene rings is 1. The van der Waals surface area contributed by atoms with Gasteiger partial charge in [-0.15, -0.1) is 11.3 Å². The smallest absolute Gasteiger partial charge is 0.300 e. The average molecular weight is 335 g/mol. The lowest BCUT2D eigenvalue weighted by molar-refractivity contribution is -0.134. The lowest BCUT2D eigenvalue weighted by Gasteiger charge is -2.15. The van der Waals surface area contributed by atoms with Crippen molar-refractivity contribution in [2.75, 3.05) is 13.7 Å². The minimum Gasteiger partial charge on any atom is -0.504 e. The second-order valence-electron chi connectivity index (χ2n) is 4.68. The quantitative estimate of drug-likeness (QED) is 0.810. The Hall–Kier alpha value is -2.34. The van der Waals surface area contributed by atoms with Crippen LogP contribution in [0.1, 0.15) is 25.5 Å². The predicted octanol–water partition coefficient (Wildman–Crippen LogP) is 3.95. The molecule has 5 nitrogen and oxygen atoms in total. The molecule has 1 atom stereocenters. The Morgan fingerprint density at radius 1 is 1.39 bits per heavy atom. The molecule has 2 rings (SSSR count). The van der Waals surface area contributed by atoms with Crippen LogP contribution in [0.5, 0.6) is 5.75 Å². The van der Waals surface area contributed by atoms with Crippen molar-refractivity contribution in [3.63, 3.8) is 0 Å². The monoisotopic (exact) mass is 335 g/mol. The van der Waals surface area contributed by atoms with Crippen molar-refractivity contribution < 1.29 is 19.4 Å². The lowest BCUT2D eigenvalue weighted by atomic mass is 10.0. The van der Waals surface area contributed by atoms with Crippen LogP contribution in [-0.4, -0.2) is 29.8 Å². The molecule has 0 bridgehead atoms. The molecule has 0 spiro atoms.